The fraction of sp³-hybridized carbons (Fsp3) is 0.400. The minimum Gasteiger partial charge on any atom is -0.550 e. The maximum atomic E-state index is 14.6. The van der Waals surface area contributed by atoms with Gasteiger partial charge in [0.25, 0.3) is 0 Å². The Bertz CT molecular complexity index is 1140. The number of nitrogens with zero attached hydrogens (tertiary/aromatic N) is 3. The number of H-pyrrole nitrogens is 1. The molecule has 3 saturated carbocycles. The number of carbonyl (C=O) groups excluding carboxylic acids is 1. The van der Waals surface area contributed by atoms with Gasteiger partial charge in [-0.05, 0) is 43.6 Å². The summed E-state index contributed by atoms with van der Waals surface area (Å²) in [7, 11) is 0. The van der Waals surface area contributed by atoms with Crippen molar-refractivity contribution < 1.29 is 23.1 Å². The van der Waals surface area contributed by atoms with Gasteiger partial charge in [-0.25, -0.2) is 23.1 Å². The largest absolute Gasteiger partial charge is 0.550 e. The van der Waals surface area contributed by atoms with E-state index in [0.717, 1.165) is 37.9 Å². The third-order valence-corrected chi connectivity index (χ3v) is 6.34. The van der Waals surface area contributed by atoms with E-state index in [0.29, 0.717) is 6.07 Å². The van der Waals surface area contributed by atoms with Crippen LogP contribution >= 0.6 is 0 Å². The lowest BCUT2D eigenvalue weighted by molar-refractivity contribution is -0.316. The number of rotatable bonds is 4. The van der Waals surface area contributed by atoms with Crippen molar-refractivity contribution in [2.75, 3.05) is 5.32 Å². The van der Waals surface area contributed by atoms with Crippen LogP contribution in [0.5, 0.6) is 0 Å². The van der Waals surface area contributed by atoms with Gasteiger partial charge in [-0.2, -0.15) is 5.10 Å². The molecule has 0 radical (unpaired) electrons. The molecule has 2 N–H and O–H groups in total. The first-order valence-corrected chi connectivity index (χ1v) is 9.76. The van der Waals surface area contributed by atoms with Crippen molar-refractivity contribution in [3.8, 4) is 11.4 Å². The number of halogens is 3. The number of carboxylic acid groups (broad SMARTS) is 1. The van der Waals surface area contributed by atoms with Gasteiger partial charge < -0.3 is 15.2 Å². The number of carboxylic acids is 1. The highest BCUT2D eigenvalue weighted by Gasteiger charge is 2.44. The molecule has 10 heteroatoms. The van der Waals surface area contributed by atoms with E-state index >= 15 is 0 Å². The Morgan fingerprint density at radius 1 is 1.10 bits per heavy atom. The average Bonchev–Trinajstić information content (AvgIpc) is 3.13. The third kappa shape index (κ3) is 2.98. The van der Waals surface area contributed by atoms with Crippen molar-refractivity contribution in [3.63, 3.8) is 0 Å². The molecule has 7 nitrogen and oxygen atoms in total. The van der Waals surface area contributed by atoms with Gasteiger partial charge in [0.2, 0.25) is 0 Å². The highest BCUT2D eigenvalue weighted by atomic mass is 19.1. The van der Waals surface area contributed by atoms with Gasteiger partial charge >= 0.3 is 0 Å². The molecular formula is C20H17F3N5O2-. The van der Waals surface area contributed by atoms with Crippen molar-refractivity contribution in [3.05, 3.63) is 35.8 Å². The lowest BCUT2D eigenvalue weighted by Crippen LogP contribution is -2.55. The number of pyridine rings is 2. The number of carbonyl (C=O) groups is 1. The Morgan fingerprint density at radius 3 is 2.57 bits per heavy atom. The average molecular weight is 416 g/mol. The summed E-state index contributed by atoms with van der Waals surface area (Å²) >= 11 is 0. The summed E-state index contributed by atoms with van der Waals surface area (Å²) in [6, 6.07) is 1.24. The number of fused-ring (bicyclic) bond motifs is 4. The number of anilines is 1. The van der Waals surface area contributed by atoms with Crippen LogP contribution < -0.4 is 10.4 Å². The van der Waals surface area contributed by atoms with E-state index in [2.05, 4.69) is 25.5 Å². The zero-order valence-corrected chi connectivity index (χ0v) is 15.7. The number of aliphatic carboxylic acids is 1. The molecule has 30 heavy (non-hydrogen) atoms. The number of hydrogen-bond acceptors (Lipinski definition) is 6. The topological polar surface area (TPSA) is 107 Å². The summed E-state index contributed by atoms with van der Waals surface area (Å²) in [6.07, 6.45) is 4.23. The summed E-state index contributed by atoms with van der Waals surface area (Å²) in [5.41, 5.74) is -0.0491. The lowest BCUT2D eigenvalue weighted by Gasteiger charge is -2.49. The maximum absolute atomic E-state index is 14.6. The second-order valence-corrected chi connectivity index (χ2v) is 7.96. The molecule has 156 valence electrons. The summed E-state index contributed by atoms with van der Waals surface area (Å²) < 4.78 is 42.7. The second-order valence-electron chi connectivity index (χ2n) is 7.96. The number of nitrogens with one attached hydrogen (secondary N) is 2. The van der Waals surface area contributed by atoms with E-state index in [-0.39, 0.29) is 40.1 Å². The van der Waals surface area contributed by atoms with Crippen LogP contribution in [0.3, 0.4) is 0 Å². The minimum absolute atomic E-state index is 0.0360. The molecule has 6 rings (SSSR count). The molecule has 3 aliphatic carbocycles. The van der Waals surface area contributed by atoms with Gasteiger partial charge in [0.05, 0.1) is 17.3 Å². The van der Waals surface area contributed by atoms with Gasteiger partial charge in [-0.15, -0.1) is 0 Å². The number of aromatic nitrogens is 4. The van der Waals surface area contributed by atoms with Crippen LogP contribution in [0.1, 0.15) is 25.7 Å². The predicted molar refractivity (Wildman–Crippen MR) is 98.3 cm³/mol. The highest BCUT2D eigenvalue weighted by Crippen LogP contribution is 2.46. The van der Waals surface area contributed by atoms with Crippen LogP contribution in [-0.2, 0) is 4.79 Å². The molecule has 3 fully saturated rings. The molecule has 0 aromatic carbocycles. The molecular weight excluding hydrogens is 399 g/mol. The van der Waals surface area contributed by atoms with Gasteiger partial charge in [-0.3, -0.25) is 5.10 Å². The highest BCUT2D eigenvalue weighted by molar-refractivity contribution is 5.90. The third-order valence-electron chi connectivity index (χ3n) is 6.34. The Balaban J connectivity index is 1.55. The van der Waals surface area contributed by atoms with E-state index in [1.807, 2.05) is 0 Å². The zero-order chi connectivity index (χ0) is 21.0. The summed E-state index contributed by atoms with van der Waals surface area (Å²) in [4.78, 5) is 19.6. The van der Waals surface area contributed by atoms with Crippen LogP contribution in [-0.4, -0.2) is 32.2 Å². The summed E-state index contributed by atoms with van der Waals surface area (Å²) in [6.45, 7) is 0. The van der Waals surface area contributed by atoms with E-state index in [4.69, 9.17) is 0 Å². The van der Waals surface area contributed by atoms with Crippen molar-refractivity contribution in [1.82, 2.24) is 20.2 Å². The van der Waals surface area contributed by atoms with Crippen molar-refractivity contribution in [2.45, 2.75) is 31.7 Å². The molecule has 3 aromatic rings. The maximum Gasteiger partial charge on any atom is 0.181 e. The van der Waals surface area contributed by atoms with Crippen molar-refractivity contribution in [2.24, 2.45) is 17.8 Å². The summed E-state index contributed by atoms with van der Waals surface area (Å²) in [5.74, 6) is -4.74. The molecule has 3 heterocycles. The Kier molecular flexibility index (Phi) is 4.37. The first-order valence-electron chi connectivity index (χ1n) is 9.76. The van der Waals surface area contributed by atoms with Crippen molar-refractivity contribution >= 4 is 22.8 Å². The monoisotopic (exact) mass is 416 g/mol. The van der Waals surface area contributed by atoms with E-state index in [1.165, 1.54) is 0 Å². The first-order chi connectivity index (χ1) is 14.4. The van der Waals surface area contributed by atoms with Gasteiger partial charge in [0.15, 0.2) is 23.1 Å². The minimum atomic E-state index is -1.18. The van der Waals surface area contributed by atoms with Gasteiger partial charge in [0.1, 0.15) is 11.5 Å². The molecule has 2 bridgehead atoms. The lowest BCUT2D eigenvalue weighted by atomic mass is 9.61. The standard InChI is InChI=1S/C20H18F3N5O2/c21-10-5-11-16(27-28-18(11)24-7-10)17-12(22)6-13(23)19(26-17)25-15-9-3-1-8(2-4-9)14(15)20(29)30/h5-9,14-15H,1-4H2,(H,25,26)(H,29,30)(H,24,27,28)/p-1/t8?,9?,14-,15-/m1/s1. The zero-order valence-electron chi connectivity index (χ0n) is 15.7. The van der Waals surface area contributed by atoms with E-state index in [9.17, 15) is 23.1 Å². The molecule has 3 aromatic heterocycles. The van der Waals surface area contributed by atoms with Crippen LogP contribution in [0.4, 0.5) is 19.0 Å². The quantitative estimate of drug-likeness (QED) is 0.677. The van der Waals surface area contributed by atoms with E-state index in [1.54, 1.807) is 0 Å². The molecule has 3 aliphatic rings. The first kappa shape index (κ1) is 18.8. The number of aromatic amines is 1. The fourth-order valence-corrected chi connectivity index (χ4v) is 4.95. The van der Waals surface area contributed by atoms with Crippen LogP contribution in [0.2, 0.25) is 0 Å². The Labute approximate surface area is 168 Å². The van der Waals surface area contributed by atoms with Crippen LogP contribution in [0.25, 0.3) is 22.4 Å². The normalized spacial score (nSPS) is 25.6. The predicted octanol–water partition coefficient (Wildman–Crippen LogP) is 2.40. The van der Waals surface area contributed by atoms with Crippen LogP contribution in [0.15, 0.2) is 18.3 Å². The SMILES string of the molecule is O=C([O-])[C@@H]1C2CCC(CC2)[C@H]1Nc1nc(-c2[nH]nc3ncc(F)cc23)c(F)cc1F. The molecule has 0 spiro atoms. The molecule has 0 unspecified atom stereocenters. The Hall–Kier alpha value is -3.17. The smallest absolute Gasteiger partial charge is 0.181 e. The van der Waals surface area contributed by atoms with Crippen molar-refractivity contribution in [1.29, 1.82) is 0 Å². The molecule has 0 amide bonds. The fourth-order valence-electron chi connectivity index (χ4n) is 4.95. The number of hydrogen-bond donors (Lipinski definition) is 2. The molecule has 0 saturated heterocycles. The Morgan fingerprint density at radius 2 is 1.83 bits per heavy atom. The molecule has 2 atom stereocenters. The van der Waals surface area contributed by atoms with E-state index < -0.39 is 35.4 Å². The second kappa shape index (κ2) is 6.96. The van der Waals surface area contributed by atoms with Crippen LogP contribution in [0, 0.1) is 35.2 Å². The molecule has 0 aliphatic heterocycles. The summed E-state index contributed by atoms with van der Waals surface area (Å²) in [5, 5.41) is 21.3. The van der Waals surface area contributed by atoms with Gasteiger partial charge in [-0.1, -0.05) is 0 Å². The van der Waals surface area contributed by atoms with Gasteiger partial charge in [0, 0.05) is 24.0 Å².